The Morgan fingerprint density at radius 1 is 1.36 bits per heavy atom. The van der Waals surface area contributed by atoms with Crippen molar-refractivity contribution in [3.8, 4) is 0 Å². The van der Waals surface area contributed by atoms with Gasteiger partial charge in [-0.25, -0.2) is 0 Å². The number of nitrogens with one attached hydrogen (secondary N) is 1. The summed E-state index contributed by atoms with van der Waals surface area (Å²) in [5, 5.41) is 30.4. The van der Waals surface area contributed by atoms with Gasteiger partial charge < -0.3 is 44.2 Å². The minimum absolute atomic E-state index is 0. The van der Waals surface area contributed by atoms with Crippen molar-refractivity contribution in [3.05, 3.63) is 12.7 Å². The molecule has 1 aliphatic heterocycles. The van der Waals surface area contributed by atoms with Crippen molar-refractivity contribution >= 4 is 13.7 Å². The quantitative estimate of drug-likeness (QED) is 0.212. The predicted molar refractivity (Wildman–Crippen MR) is 58.6 cm³/mol. The van der Waals surface area contributed by atoms with E-state index < -0.39 is 51.0 Å². The first-order chi connectivity index (χ1) is 9.19. The van der Waals surface area contributed by atoms with Crippen LogP contribution in [-0.4, -0.2) is 58.5 Å². The molecule has 1 rings (SSSR count). The van der Waals surface area contributed by atoms with Crippen molar-refractivity contribution in [2.24, 2.45) is 0 Å². The molecule has 1 saturated heterocycles. The maximum absolute atomic E-state index is 11.2. The van der Waals surface area contributed by atoms with Crippen LogP contribution in [0.5, 0.6) is 0 Å². The van der Waals surface area contributed by atoms with E-state index in [2.05, 4.69) is 16.4 Å². The Hall–Kier alpha value is 1.16. The van der Waals surface area contributed by atoms with Crippen molar-refractivity contribution < 1.29 is 103 Å². The van der Waals surface area contributed by atoms with Crippen molar-refractivity contribution in [2.45, 2.75) is 30.6 Å². The summed E-state index contributed by atoms with van der Waals surface area (Å²) < 4.78 is 19.5. The minimum Gasteiger partial charge on any atom is -0.790 e. The number of carbonyl (C=O) groups excluding carboxylic acids is 1. The van der Waals surface area contributed by atoms with E-state index in [1.807, 2.05) is 0 Å². The van der Waals surface area contributed by atoms with Gasteiger partial charge in [-0.3, -0.25) is 4.79 Å². The minimum atomic E-state index is -5.48. The van der Waals surface area contributed by atoms with Crippen LogP contribution in [0.1, 0.15) is 0 Å². The SMILES string of the molecule is C=CC(=O)N[C@H]1[C@@H](OP(=O)([O-])[O-])O[C@H](CO)[C@@H](O)[C@@H]1O.[Na+].[Na+]. The molecule has 1 amide bonds. The largest absolute Gasteiger partial charge is 1.00 e. The molecule has 10 nitrogen and oxygen atoms in total. The van der Waals surface area contributed by atoms with Gasteiger partial charge in [0.15, 0.2) is 6.29 Å². The summed E-state index contributed by atoms with van der Waals surface area (Å²) in [6.07, 6.45) is -5.77. The van der Waals surface area contributed by atoms with Gasteiger partial charge in [-0.2, -0.15) is 0 Å². The summed E-state index contributed by atoms with van der Waals surface area (Å²) in [6, 6.07) is -1.53. The second-order valence-electron chi connectivity index (χ2n) is 4.00. The fourth-order valence-electron chi connectivity index (χ4n) is 1.68. The van der Waals surface area contributed by atoms with E-state index in [1.54, 1.807) is 0 Å². The van der Waals surface area contributed by atoms with Crippen LogP contribution in [0.25, 0.3) is 0 Å². The van der Waals surface area contributed by atoms with E-state index in [-0.39, 0.29) is 59.1 Å². The molecular weight excluding hydrogens is 343 g/mol. The predicted octanol–water partition coefficient (Wildman–Crippen LogP) is -10.1. The second-order valence-corrected chi connectivity index (χ2v) is 5.10. The number of hydrogen-bond acceptors (Lipinski definition) is 9. The van der Waals surface area contributed by atoms with Gasteiger partial charge in [0.25, 0.3) is 0 Å². The van der Waals surface area contributed by atoms with Crippen LogP contribution >= 0.6 is 7.82 Å². The van der Waals surface area contributed by atoms with Gasteiger partial charge in [-0.1, -0.05) is 6.58 Å². The summed E-state index contributed by atoms with van der Waals surface area (Å²) in [5.41, 5.74) is 0. The molecule has 1 heterocycles. The summed E-state index contributed by atoms with van der Waals surface area (Å²) in [7, 11) is -5.48. The summed E-state index contributed by atoms with van der Waals surface area (Å²) in [6.45, 7) is 2.38. The number of aliphatic hydroxyl groups excluding tert-OH is 3. The van der Waals surface area contributed by atoms with Crippen molar-refractivity contribution in [3.63, 3.8) is 0 Å². The molecule has 116 valence electrons. The topological polar surface area (TPSA) is 171 Å². The molecule has 1 aliphatic rings. The molecule has 4 N–H and O–H groups in total. The van der Waals surface area contributed by atoms with Gasteiger partial charge in [0.05, 0.1) is 14.4 Å². The molecule has 5 atom stereocenters. The third kappa shape index (κ3) is 7.37. The van der Waals surface area contributed by atoms with E-state index in [9.17, 15) is 29.4 Å². The molecule has 0 unspecified atom stereocenters. The van der Waals surface area contributed by atoms with E-state index in [0.717, 1.165) is 6.08 Å². The number of phosphoric ester groups is 1. The molecule has 0 aromatic rings. The van der Waals surface area contributed by atoms with Crippen LogP contribution in [0.4, 0.5) is 0 Å². The number of ether oxygens (including phenoxy) is 1. The summed E-state index contributed by atoms with van der Waals surface area (Å²) >= 11 is 0. The maximum atomic E-state index is 11.2. The van der Waals surface area contributed by atoms with E-state index in [4.69, 9.17) is 9.84 Å². The van der Waals surface area contributed by atoms with Gasteiger partial charge in [-0.15, -0.1) is 0 Å². The Kier molecular flexibility index (Phi) is 12.6. The third-order valence-electron chi connectivity index (χ3n) is 2.61. The van der Waals surface area contributed by atoms with Crippen molar-refractivity contribution in [1.82, 2.24) is 5.32 Å². The zero-order valence-corrected chi connectivity index (χ0v) is 17.0. The first-order valence-electron chi connectivity index (χ1n) is 5.45. The number of aliphatic hydroxyl groups is 3. The fourth-order valence-corrected chi connectivity index (χ4v) is 2.11. The zero-order chi connectivity index (χ0) is 15.5. The van der Waals surface area contributed by atoms with Gasteiger partial charge in [0.1, 0.15) is 24.4 Å². The second kappa shape index (κ2) is 10.9. The number of phosphoric acid groups is 1. The van der Waals surface area contributed by atoms with E-state index in [1.165, 1.54) is 0 Å². The molecule has 0 aromatic carbocycles. The zero-order valence-electron chi connectivity index (χ0n) is 12.1. The first-order valence-corrected chi connectivity index (χ1v) is 6.91. The van der Waals surface area contributed by atoms with Crippen LogP contribution in [0.15, 0.2) is 12.7 Å². The van der Waals surface area contributed by atoms with Crippen LogP contribution < -0.4 is 74.2 Å². The monoisotopic (exact) mass is 357 g/mol. The van der Waals surface area contributed by atoms with E-state index in [0.29, 0.717) is 0 Å². The average molecular weight is 357 g/mol. The van der Waals surface area contributed by atoms with Crippen LogP contribution in [-0.2, 0) is 18.6 Å². The molecule has 22 heavy (non-hydrogen) atoms. The van der Waals surface area contributed by atoms with Crippen LogP contribution in [0.2, 0.25) is 0 Å². The Morgan fingerprint density at radius 2 is 1.91 bits per heavy atom. The van der Waals surface area contributed by atoms with Crippen LogP contribution in [0, 0.1) is 0 Å². The number of hydrogen-bond donors (Lipinski definition) is 4. The number of amides is 1. The van der Waals surface area contributed by atoms with Crippen molar-refractivity contribution in [2.75, 3.05) is 6.61 Å². The van der Waals surface area contributed by atoms with Crippen molar-refractivity contribution in [1.29, 1.82) is 0 Å². The molecular formula is C9H14NNa2O9P. The Balaban J connectivity index is 0. The Morgan fingerprint density at radius 3 is 2.32 bits per heavy atom. The van der Waals surface area contributed by atoms with Gasteiger partial charge in [-0.05, 0) is 6.08 Å². The number of rotatable bonds is 5. The fraction of sp³-hybridized carbons (Fsp3) is 0.667. The molecule has 0 spiro atoms. The van der Waals surface area contributed by atoms with Crippen LogP contribution in [0.3, 0.4) is 0 Å². The summed E-state index contributed by atoms with van der Waals surface area (Å²) in [4.78, 5) is 32.4. The summed E-state index contributed by atoms with van der Waals surface area (Å²) in [5.74, 6) is -0.812. The molecule has 1 fully saturated rings. The normalized spacial score (nSPS) is 31.4. The maximum Gasteiger partial charge on any atom is 1.00 e. The Bertz CT molecular complexity index is 420. The van der Waals surface area contributed by atoms with E-state index >= 15 is 0 Å². The molecule has 0 saturated carbocycles. The molecule has 0 aliphatic carbocycles. The molecule has 0 aromatic heterocycles. The van der Waals surface area contributed by atoms with Gasteiger partial charge in [0.2, 0.25) is 5.91 Å². The molecule has 0 bridgehead atoms. The molecule has 13 heteroatoms. The third-order valence-corrected chi connectivity index (χ3v) is 3.07. The standard InChI is InChI=1S/C9H16NO9P.2Na/c1-2-5(12)10-6-8(14)7(13)4(3-11)18-9(6)19-20(15,16)17;;/h2,4,6-9,11,13-14H,1,3H2,(H,10,12)(H2,15,16,17);;/q;2*+1/p-2/t4-,6-,7-,8-,9-;;/m1../s1. The Labute approximate surface area is 170 Å². The van der Waals surface area contributed by atoms with Gasteiger partial charge >= 0.3 is 59.1 Å². The number of carbonyl (C=O) groups is 1. The molecule has 0 radical (unpaired) electrons. The van der Waals surface area contributed by atoms with Gasteiger partial charge in [0, 0.05) is 0 Å². The first kappa shape index (κ1) is 25.4. The average Bonchev–Trinajstić information content (AvgIpc) is 2.36. The smallest absolute Gasteiger partial charge is 0.790 e.